The summed E-state index contributed by atoms with van der Waals surface area (Å²) in [7, 11) is 1.36. The number of rotatable bonds is 7. The van der Waals surface area contributed by atoms with Gasteiger partial charge in [-0.2, -0.15) is 0 Å². The van der Waals surface area contributed by atoms with Crippen molar-refractivity contribution in [3.8, 4) is 28.7 Å². The Labute approximate surface area is 236 Å². The summed E-state index contributed by atoms with van der Waals surface area (Å²) in [5.74, 6) is 5.87. The van der Waals surface area contributed by atoms with E-state index in [2.05, 4.69) is 37.3 Å². The Balaban J connectivity index is 1.38. The molecule has 14 heteroatoms. The van der Waals surface area contributed by atoms with Crippen LogP contribution in [0.1, 0.15) is 53.2 Å². The van der Waals surface area contributed by atoms with E-state index in [4.69, 9.17) is 4.74 Å². The molecule has 0 aromatic carbocycles. The molecule has 0 bridgehead atoms. The topological polar surface area (TPSA) is 131 Å². The van der Waals surface area contributed by atoms with Crippen LogP contribution in [0.3, 0.4) is 0 Å². The van der Waals surface area contributed by atoms with Gasteiger partial charge in [0, 0.05) is 36.3 Å². The molecular formula is C27H23F2N7O4S. The van der Waals surface area contributed by atoms with Gasteiger partial charge >= 0.3 is 0 Å². The van der Waals surface area contributed by atoms with Crippen molar-refractivity contribution in [2.75, 3.05) is 30.4 Å². The third-order valence-corrected chi connectivity index (χ3v) is 8.00. The molecule has 4 heterocycles. The molecule has 6 rings (SSSR count). The molecule has 1 spiro atoms. The molecule has 11 nitrogen and oxygen atoms in total. The van der Waals surface area contributed by atoms with E-state index in [-0.39, 0.29) is 45.8 Å². The number of ether oxygens (including phenoxy) is 1. The zero-order valence-electron chi connectivity index (χ0n) is 21.8. The van der Waals surface area contributed by atoms with Crippen LogP contribution < -0.4 is 15.0 Å². The first kappa shape index (κ1) is 26.7. The molecule has 0 unspecified atom stereocenters. The van der Waals surface area contributed by atoms with Gasteiger partial charge in [0.1, 0.15) is 22.8 Å². The number of carbonyl (C=O) groups is 3. The van der Waals surface area contributed by atoms with Crippen molar-refractivity contribution in [3.05, 3.63) is 40.8 Å². The van der Waals surface area contributed by atoms with Crippen molar-refractivity contribution in [2.45, 2.75) is 37.6 Å². The Bertz CT molecular complexity index is 1610. The highest BCUT2D eigenvalue weighted by Crippen LogP contribution is 2.45. The minimum atomic E-state index is -2.87. The highest BCUT2D eigenvalue weighted by atomic mass is 32.1. The first-order valence-electron chi connectivity index (χ1n) is 12.9. The van der Waals surface area contributed by atoms with Gasteiger partial charge in [-0.3, -0.25) is 29.6 Å². The molecule has 1 saturated heterocycles. The second-order valence-corrected chi connectivity index (χ2v) is 10.9. The van der Waals surface area contributed by atoms with Crippen molar-refractivity contribution >= 4 is 40.5 Å². The van der Waals surface area contributed by atoms with Crippen LogP contribution in [-0.2, 0) is 9.59 Å². The molecule has 3 amide bonds. The quantitative estimate of drug-likeness (QED) is 0.333. The van der Waals surface area contributed by atoms with Gasteiger partial charge < -0.3 is 9.64 Å². The molecule has 2 aliphatic carbocycles. The van der Waals surface area contributed by atoms with E-state index < -0.39 is 23.6 Å². The van der Waals surface area contributed by atoms with Crippen molar-refractivity contribution in [3.63, 3.8) is 0 Å². The maximum atomic E-state index is 13.6. The van der Waals surface area contributed by atoms with Gasteiger partial charge in [-0.05, 0) is 43.7 Å². The summed E-state index contributed by atoms with van der Waals surface area (Å²) >= 11 is 1.11. The van der Waals surface area contributed by atoms with Crippen LogP contribution in [0.4, 0.5) is 19.7 Å². The maximum absolute atomic E-state index is 13.6. The second-order valence-electron chi connectivity index (χ2n) is 9.90. The van der Waals surface area contributed by atoms with Crippen LogP contribution in [0.15, 0.2) is 24.5 Å². The summed E-state index contributed by atoms with van der Waals surface area (Å²) in [5, 5.41) is 11.3. The predicted octanol–water partition coefficient (Wildman–Crippen LogP) is 3.29. The lowest BCUT2D eigenvalue weighted by atomic mass is 9.99. The summed E-state index contributed by atoms with van der Waals surface area (Å²) in [4.78, 5) is 49.5. The van der Waals surface area contributed by atoms with Gasteiger partial charge in [0.2, 0.25) is 11.5 Å². The number of aromatic nitrogens is 4. The molecule has 0 atom stereocenters. The van der Waals surface area contributed by atoms with E-state index in [0.717, 1.165) is 36.4 Å². The average molecular weight is 580 g/mol. The number of nitrogens with one attached hydrogen (secondary N) is 1. The molecule has 3 aromatic rings. The minimum Gasteiger partial charge on any atom is -0.494 e. The number of amides is 3. The summed E-state index contributed by atoms with van der Waals surface area (Å²) < 4.78 is 32.7. The largest absolute Gasteiger partial charge is 0.494 e. The number of alkyl halides is 2. The number of hydrogen-bond donors (Lipinski definition) is 1. The van der Waals surface area contributed by atoms with Gasteiger partial charge in [0.25, 0.3) is 18.2 Å². The zero-order valence-corrected chi connectivity index (χ0v) is 22.6. The standard InChI is InChI=1S/C27H23F2N7O4S/c1-40-20-13-30-19(23(28)29)10-17(20)16-11-21(36-9-8-35(14-37)27(6-7-27)25(36)39)31-12-18(16)24(38)32-26-34-33-22(41-26)5-4-15-2-3-15/h10-15,23H,2-3,6-9H2,1H3,(H,32,34,38). The number of carbonyl (C=O) groups excluding carboxylic acids is 3. The minimum absolute atomic E-state index is 0.0272. The normalized spacial score (nSPS) is 17.3. The van der Waals surface area contributed by atoms with Crippen molar-refractivity contribution in [2.24, 2.45) is 5.92 Å². The average Bonchev–Trinajstić information content (AvgIpc) is 3.92. The van der Waals surface area contributed by atoms with Crippen LogP contribution >= 0.6 is 11.3 Å². The van der Waals surface area contributed by atoms with E-state index >= 15 is 0 Å². The molecule has 0 radical (unpaired) electrons. The second kappa shape index (κ2) is 10.5. The number of piperazine rings is 1. The summed E-state index contributed by atoms with van der Waals surface area (Å²) in [6, 6.07) is 2.63. The van der Waals surface area contributed by atoms with Crippen LogP contribution in [-0.4, -0.2) is 69.0 Å². The van der Waals surface area contributed by atoms with Crippen LogP contribution in [0.2, 0.25) is 0 Å². The summed E-state index contributed by atoms with van der Waals surface area (Å²) in [6.07, 6.45) is 3.44. The highest BCUT2D eigenvalue weighted by molar-refractivity contribution is 7.15. The summed E-state index contributed by atoms with van der Waals surface area (Å²) in [6.45, 7) is 0.494. The Morgan fingerprint density at radius 2 is 2.00 bits per heavy atom. The lowest BCUT2D eigenvalue weighted by Gasteiger charge is -2.38. The number of halogens is 2. The van der Waals surface area contributed by atoms with Gasteiger partial charge in [-0.15, -0.1) is 10.2 Å². The predicted molar refractivity (Wildman–Crippen MR) is 144 cm³/mol. The first-order chi connectivity index (χ1) is 19.8. The number of methoxy groups -OCH3 is 1. The molecule has 3 aliphatic rings. The SMILES string of the molecule is COc1cnc(C(F)F)cc1-c1cc(N2CCN(C=O)C3(CC3)C2=O)ncc1C(=O)Nc1nnc(C#CC2CC2)s1. The molecular weight excluding hydrogens is 556 g/mol. The van der Waals surface area contributed by atoms with Crippen LogP contribution in [0.5, 0.6) is 5.75 Å². The number of pyridine rings is 2. The van der Waals surface area contributed by atoms with E-state index in [0.29, 0.717) is 36.7 Å². The highest BCUT2D eigenvalue weighted by Gasteiger charge is 2.58. The fourth-order valence-corrected chi connectivity index (χ4v) is 5.32. The lowest BCUT2D eigenvalue weighted by Crippen LogP contribution is -2.58. The Hall–Kier alpha value is -4.51. The number of hydrogen-bond acceptors (Lipinski definition) is 9. The summed E-state index contributed by atoms with van der Waals surface area (Å²) in [5.41, 5.74) is -1.02. The Morgan fingerprint density at radius 1 is 1.20 bits per heavy atom. The third-order valence-electron chi connectivity index (χ3n) is 7.25. The molecule has 3 aromatic heterocycles. The van der Waals surface area contributed by atoms with Crippen molar-refractivity contribution < 1.29 is 27.9 Å². The van der Waals surface area contributed by atoms with Crippen molar-refractivity contribution in [1.82, 2.24) is 25.1 Å². The van der Waals surface area contributed by atoms with E-state index in [1.165, 1.54) is 29.2 Å². The van der Waals surface area contributed by atoms with Crippen molar-refractivity contribution in [1.29, 1.82) is 0 Å². The fraction of sp³-hybridized carbons (Fsp3) is 0.370. The molecule has 210 valence electrons. The van der Waals surface area contributed by atoms with E-state index in [9.17, 15) is 23.2 Å². The molecule has 41 heavy (non-hydrogen) atoms. The number of anilines is 2. The monoisotopic (exact) mass is 579 g/mol. The maximum Gasteiger partial charge on any atom is 0.280 e. The Kier molecular flexibility index (Phi) is 6.82. The van der Waals surface area contributed by atoms with E-state index in [1.54, 1.807) is 0 Å². The van der Waals surface area contributed by atoms with Crippen LogP contribution in [0.25, 0.3) is 11.1 Å². The van der Waals surface area contributed by atoms with Gasteiger partial charge in [-0.25, -0.2) is 13.8 Å². The molecule has 2 saturated carbocycles. The van der Waals surface area contributed by atoms with Gasteiger partial charge in [-0.1, -0.05) is 17.3 Å². The van der Waals surface area contributed by atoms with E-state index in [1.807, 2.05) is 0 Å². The lowest BCUT2D eigenvalue weighted by molar-refractivity contribution is -0.135. The Morgan fingerprint density at radius 3 is 2.68 bits per heavy atom. The fourth-order valence-electron chi connectivity index (χ4n) is 4.72. The van der Waals surface area contributed by atoms with Gasteiger partial charge in [0.15, 0.2) is 5.01 Å². The third kappa shape index (κ3) is 5.08. The molecule has 3 fully saturated rings. The zero-order chi connectivity index (χ0) is 28.7. The van der Waals surface area contributed by atoms with Gasteiger partial charge in [0.05, 0.1) is 18.9 Å². The molecule has 1 N–H and O–H groups in total. The smallest absolute Gasteiger partial charge is 0.280 e. The number of nitrogens with zero attached hydrogens (tertiary/aromatic N) is 6. The molecule has 1 aliphatic heterocycles. The first-order valence-corrected chi connectivity index (χ1v) is 13.7. The van der Waals surface area contributed by atoms with Crippen LogP contribution in [0, 0.1) is 17.8 Å².